The molecule has 2 heterocycles. The Hall–Kier alpha value is -0.0500. The fraction of sp³-hybridized carbons (Fsp3) is 1.00. The van der Waals surface area contributed by atoms with Crippen LogP contribution in [0.15, 0.2) is 0 Å². The van der Waals surface area contributed by atoms with E-state index in [2.05, 4.69) is 0 Å². The minimum Gasteiger partial charge on any atom is -0.395 e. The summed E-state index contributed by atoms with van der Waals surface area (Å²) in [6, 6.07) is 0. The van der Waals surface area contributed by atoms with Gasteiger partial charge in [-0.15, -0.1) is 11.8 Å². The van der Waals surface area contributed by atoms with Gasteiger partial charge in [-0.05, 0) is 0 Å². The van der Waals surface area contributed by atoms with Gasteiger partial charge >= 0.3 is 0 Å². The minimum atomic E-state index is -1.67. The zero-order valence-electron chi connectivity index (χ0n) is 12.0. The van der Waals surface area contributed by atoms with Crippen LogP contribution in [0.1, 0.15) is 0 Å². The number of hydrogen-bond acceptors (Lipinski definition) is 11. The number of ether oxygens (including phenoxy) is 2. The topological polar surface area (TPSA) is 180 Å². The van der Waals surface area contributed by atoms with Gasteiger partial charge in [-0.2, -0.15) is 0 Å². The van der Waals surface area contributed by atoms with Crippen LogP contribution in [0.2, 0.25) is 0 Å². The first-order valence-corrected chi connectivity index (χ1v) is 8.02. The fourth-order valence-electron chi connectivity index (χ4n) is 2.57. The van der Waals surface area contributed by atoms with Crippen LogP contribution in [-0.2, 0) is 9.47 Å². The third-order valence-corrected chi connectivity index (χ3v) is 5.30. The number of thioether (sulfide) groups is 1. The summed E-state index contributed by atoms with van der Waals surface area (Å²) < 4.78 is 10.5. The second-order valence-electron chi connectivity index (χ2n) is 5.53. The van der Waals surface area contributed by atoms with Gasteiger partial charge in [-0.1, -0.05) is 0 Å². The van der Waals surface area contributed by atoms with Crippen LogP contribution in [0.5, 0.6) is 0 Å². The molecule has 2 fully saturated rings. The third kappa shape index (κ3) is 3.80. The Bertz CT molecular complexity index is 383. The molecule has 2 rings (SSSR count). The van der Waals surface area contributed by atoms with Crippen molar-refractivity contribution in [2.75, 3.05) is 13.2 Å². The van der Waals surface area contributed by atoms with Crippen molar-refractivity contribution in [1.29, 1.82) is 0 Å². The van der Waals surface area contributed by atoms with Crippen LogP contribution < -0.4 is 0 Å². The first-order chi connectivity index (χ1) is 10.8. The lowest BCUT2D eigenvalue weighted by atomic mass is 9.98. The molecular weight excluding hydrogens is 336 g/mol. The standard InChI is InChI=1S/C12H22O10S/c13-1-3-5(15)6(16)9(19)12(21-3)22-10-4(2-14)23-11(20)8(18)7(10)17/h3-20H,1-2H2/t3?,4?,5-,6?,7?,8?,9?,10+,11?,12?/m0/s1. The van der Waals surface area contributed by atoms with E-state index in [1.807, 2.05) is 0 Å². The average Bonchev–Trinajstić information content (AvgIpc) is 2.55. The molecule has 2 saturated heterocycles. The summed E-state index contributed by atoms with van der Waals surface area (Å²) in [4.78, 5) is 0. The molecule has 2 aliphatic heterocycles. The molecule has 0 radical (unpaired) electrons. The van der Waals surface area contributed by atoms with Crippen LogP contribution in [0.3, 0.4) is 0 Å². The molecule has 0 spiro atoms. The van der Waals surface area contributed by atoms with Gasteiger partial charge in [-0.3, -0.25) is 0 Å². The molecule has 23 heavy (non-hydrogen) atoms. The van der Waals surface area contributed by atoms with Crippen LogP contribution in [0.25, 0.3) is 0 Å². The maximum absolute atomic E-state index is 10.0. The van der Waals surface area contributed by atoms with Gasteiger partial charge in [0.05, 0.1) is 18.5 Å². The number of aliphatic hydroxyl groups excluding tert-OH is 8. The van der Waals surface area contributed by atoms with Crippen molar-refractivity contribution in [1.82, 2.24) is 0 Å². The molecule has 8 N–H and O–H groups in total. The number of hydrogen-bond donors (Lipinski definition) is 8. The summed E-state index contributed by atoms with van der Waals surface area (Å²) in [5, 5.41) is 76.2. The van der Waals surface area contributed by atoms with Crippen molar-refractivity contribution < 1.29 is 50.3 Å². The third-order valence-electron chi connectivity index (χ3n) is 3.98. The smallest absolute Gasteiger partial charge is 0.187 e. The lowest BCUT2D eigenvalue weighted by Gasteiger charge is -2.45. The molecule has 0 bridgehead atoms. The van der Waals surface area contributed by atoms with E-state index in [4.69, 9.17) is 14.6 Å². The van der Waals surface area contributed by atoms with Gasteiger partial charge in [0.1, 0.15) is 48.2 Å². The summed E-state index contributed by atoms with van der Waals surface area (Å²) in [6.45, 7) is -1.13. The van der Waals surface area contributed by atoms with E-state index < -0.39 is 72.9 Å². The van der Waals surface area contributed by atoms with Crippen molar-refractivity contribution in [2.24, 2.45) is 0 Å². The van der Waals surface area contributed by atoms with Crippen molar-refractivity contribution >= 4 is 11.8 Å². The number of aliphatic hydroxyl groups is 8. The summed E-state index contributed by atoms with van der Waals surface area (Å²) >= 11 is 0.776. The maximum atomic E-state index is 10.0. The van der Waals surface area contributed by atoms with Gasteiger partial charge in [0, 0.05) is 0 Å². The summed E-state index contributed by atoms with van der Waals surface area (Å²) in [5.74, 6) is 0. The van der Waals surface area contributed by atoms with E-state index in [1.54, 1.807) is 0 Å². The summed E-state index contributed by atoms with van der Waals surface area (Å²) in [5.41, 5.74) is -1.32. The lowest BCUT2D eigenvalue weighted by molar-refractivity contribution is -0.320. The average molecular weight is 358 g/mol. The molecule has 0 aromatic heterocycles. The van der Waals surface area contributed by atoms with Crippen molar-refractivity contribution in [3.8, 4) is 0 Å². The Kier molecular flexibility index (Phi) is 6.61. The predicted octanol–water partition coefficient (Wildman–Crippen LogP) is -4.68. The Morgan fingerprint density at radius 3 is 2.00 bits per heavy atom. The molecule has 10 nitrogen and oxygen atoms in total. The van der Waals surface area contributed by atoms with Crippen molar-refractivity contribution in [3.05, 3.63) is 0 Å². The highest BCUT2D eigenvalue weighted by Crippen LogP contribution is 2.35. The zero-order chi connectivity index (χ0) is 17.3. The zero-order valence-corrected chi connectivity index (χ0v) is 12.8. The minimum absolute atomic E-state index is 0.492. The fourth-order valence-corrected chi connectivity index (χ4v) is 3.72. The molecule has 2 aliphatic rings. The highest BCUT2D eigenvalue weighted by molar-refractivity contribution is 8.00. The second-order valence-corrected chi connectivity index (χ2v) is 6.89. The largest absolute Gasteiger partial charge is 0.395 e. The SMILES string of the molecule is OCC1OC(O[C@@H]2C(CO)SC(O)C(O)C2O)C(O)C(O)[C@H]1O. The molecule has 0 aliphatic carbocycles. The molecule has 0 aromatic carbocycles. The first kappa shape index (κ1) is 19.3. The highest BCUT2D eigenvalue weighted by Gasteiger charge is 2.49. The second kappa shape index (κ2) is 7.89. The molecule has 136 valence electrons. The summed E-state index contributed by atoms with van der Waals surface area (Å²) in [6.07, 6.45) is -11.9. The molecule has 10 atom stereocenters. The Morgan fingerprint density at radius 1 is 0.783 bits per heavy atom. The van der Waals surface area contributed by atoms with Gasteiger partial charge in [0.15, 0.2) is 6.29 Å². The monoisotopic (exact) mass is 358 g/mol. The molecule has 11 heteroatoms. The lowest BCUT2D eigenvalue weighted by Crippen LogP contribution is -2.62. The normalized spacial score (nSPS) is 51.7. The molecule has 0 amide bonds. The van der Waals surface area contributed by atoms with Gasteiger partial charge in [0.25, 0.3) is 0 Å². The van der Waals surface area contributed by atoms with Crippen LogP contribution >= 0.6 is 11.8 Å². The molecule has 8 unspecified atom stereocenters. The molecule has 0 saturated carbocycles. The Morgan fingerprint density at radius 2 is 1.43 bits per heavy atom. The van der Waals surface area contributed by atoms with E-state index >= 15 is 0 Å². The van der Waals surface area contributed by atoms with E-state index in [-0.39, 0.29) is 0 Å². The first-order valence-electron chi connectivity index (χ1n) is 7.08. The van der Waals surface area contributed by atoms with Crippen LogP contribution in [-0.4, -0.2) is 114 Å². The van der Waals surface area contributed by atoms with Crippen molar-refractivity contribution in [2.45, 2.75) is 59.7 Å². The van der Waals surface area contributed by atoms with Crippen LogP contribution in [0, 0.1) is 0 Å². The van der Waals surface area contributed by atoms with Crippen LogP contribution in [0.4, 0.5) is 0 Å². The summed E-state index contributed by atoms with van der Waals surface area (Å²) in [7, 11) is 0. The Labute approximate surface area is 135 Å². The number of rotatable bonds is 4. The van der Waals surface area contributed by atoms with E-state index in [0.717, 1.165) is 11.8 Å². The Balaban J connectivity index is 2.11. The van der Waals surface area contributed by atoms with E-state index in [1.165, 1.54) is 0 Å². The quantitative estimate of drug-likeness (QED) is 0.242. The molecular formula is C12H22O10S. The van der Waals surface area contributed by atoms with Crippen molar-refractivity contribution in [3.63, 3.8) is 0 Å². The highest BCUT2D eigenvalue weighted by atomic mass is 32.2. The maximum Gasteiger partial charge on any atom is 0.187 e. The van der Waals surface area contributed by atoms with Gasteiger partial charge < -0.3 is 50.3 Å². The van der Waals surface area contributed by atoms with Gasteiger partial charge in [-0.25, -0.2) is 0 Å². The van der Waals surface area contributed by atoms with Gasteiger partial charge in [0.2, 0.25) is 0 Å². The van der Waals surface area contributed by atoms with E-state index in [9.17, 15) is 35.7 Å². The van der Waals surface area contributed by atoms with E-state index in [0.29, 0.717) is 0 Å². The molecule has 0 aromatic rings. The predicted molar refractivity (Wildman–Crippen MR) is 75.1 cm³/mol.